The van der Waals surface area contributed by atoms with Crippen LogP contribution in [0.4, 0.5) is 0 Å². The first kappa shape index (κ1) is 24.0. The fraction of sp³-hybridized carbons (Fsp3) is 0.414. The van der Waals surface area contributed by atoms with Crippen molar-refractivity contribution < 1.29 is 14.6 Å². The molecule has 0 bridgehead atoms. The zero-order valence-electron chi connectivity index (χ0n) is 20.1. The molecular weight excluding hydrogens is 456 g/mol. The molecule has 35 heavy (non-hydrogen) atoms. The van der Waals surface area contributed by atoms with E-state index in [2.05, 4.69) is 16.3 Å². The lowest BCUT2D eigenvalue weighted by Gasteiger charge is -2.37. The molecule has 1 amide bonds. The SMILES string of the molecule is O=C(CN(CC(O)Cc1ccccc1)CC1CC1)N1CCc2sccc2C1COc1ccccc1. The van der Waals surface area contributed by atoms with Gasteiger partial charge in [0.25, 0.3) is 0 Å². The van der Waals surface area contributed by atoms with Crippen LogP contribution in [0.3, 0.4) is 0 Å². The standard InChI is InChI=1S/C29H34N2O3S/c32-24(17-22-7-3-1-4-8-22)19-30(18-23-11-12-23)20-29(33)31-15-13-28-26(14-16-35-28)27(31)21-34-25-9-5-2-6-10-25/h1-10,14,16,23-24,27,32H,11-13,15,17-21H2. The van der Waals surface area contributed by atoms with Gasteiger partial charge in [-0.15, -0.1) is 11.3 Å². The van der Waals surface area contributed by atoms with Crippen LogP contribution in [0.2, 0.25) is 0 Å². The molecule has 0 spiro atoms. The molecule has 1 aliphatic carbocycles. The number of amides is 1. The van der Waals surface area contributed by atoms with Gasteiger partial charge in [0.15, 0.2) is 0 Å². The van der Waals surface area contributed by atoms with E-state index in [-0.39, 0.29) is 11.9 Å². The van der Waals surface area contributed by atoms with Gasteiger partial charge in [-0.05, 0) is 66.3 Å². The average molecular weight is 491 g/mol. The quantitative estimate of drug-likeness (QED) is 0.428. The molecule has 1 N–H and O–H groups in total. The number of fused-ring (bicyclic) bond motifs is 1. The van der Waals surface area contributed by atoms with Crippen LogP contribution < -0.4 is 4.74 Å². The Morgan fingerprint density at radius 3 is 2.57 bits per heavy atom. The maximum absolute atomic E-state index is 13.7. The third-order valence-electron chi connectivity index (χ3n) is 6.92. The molecule has 3 aromatic rings. The Morgan fingerprint density at radius 2 is 1.83 bits per heavy atom. The summed E-state index contributed by atoms with van der Waals surface area (Å²) >= 11 is 1.77. The van der Waals surface area contributed by atoms with Crippen molar-refractivity contribution in [3.05, 3.63) is 88.1 Å². The van der Waals surface area contributed by atoms with Crippen LogP contribution in [0.5, 0.6) is 5.75 Å². The first-order valence-corrected chi connectivity index (χ1v) is 13.5. The summed E-state index contributed by atoms with van der Waals surface area (Å²) in [7, 11) is 0. The maximum atomic E-state index is 13.7. The highest BCUT2D eigenvalue weighted by Crippen LogP contribution is 2.34. The molecule has 5 nitrogen and oxygen atoms in total. The summed E-state index contributed by atoms with van der Waals surface area (Å²) in [6.45, 7) is 2.88. The molecule has 1 saturated carbocycles. The Hall–Kier alpha value is -2.67. The Morgan fingerprint density at radius 1 is 1.09 bits per heavy atom. The minimum atomic E-state index is -0.494. The van der Waals surface area contributed by atoms with Crippen LogP contribution in [-0.2, 0) is 17.6 Å². The highest BCUT2D eigenvalue weighted by molar-refractivity contribution is 7.10. The van der Waals surface area contributed by atoms with E-state index in [1.807, 2.05) is 65.6 Å². The van der Waals surface area contributed by atoms with Gasteiger partial charge < -0.3 is 14.7 Å². The maximum Gasteiger partial charge on any atom is 0.237 e. The highest BCUT2D eigenvalue weighted by atomic mass is 32.1. The Bertz CT molecular complexity index is 1080. The van der Waals surface area contributed by atoms with Crippen molar-refractivity contribution in [1.29, 1.82) is 0 Å². The lowest BCUT2D eigenvalue weighted by Crippen LogP contribution is -2.48. The predicted octanol–water partition coefficient (Wildman–Crippen LogP) is 4.57. The summed E-state index contributed by atoms with van der Waals surface area (Å²) in [6, 6.07) is 21.9. The topological polar surface area (TPSA) is 53.0 Å². The van der Waals surface area contributed by atoms with Crippen molar-refractivity contribution in [2.24, 2.45) is 5.92 Å². The molecule has 184 valence electrons. The third-order valence-corrected chi connectivity index (χ3v) is 7.92. The van der Waals surface area contributed by atoms with E-state index in [4.69, 9.17) is 4.74 Å². The summed E-state index contributed by atoms with van der Waals surface area (Å²) in [5.74, 6) is 1.59. The van der Waals surface area contributed by atoms with Gasteiger partial charge in [0.2, 0.25) is 5.91 Å². The Labute approximate surface area is 212 Å². The van der Waals surface area contributed by atoms with Crippen LogP contribution in [0, 0.1) is 5.92 Å². The Kier molecular flexibility index (Phi) is 7.82. The van der Waals surface area contributed by atoms with Gasteiger partial charge in [-0.25, -0.2) is 0 Å². The van der Waals surface area contributed by atoms with E-state index in [0.29, 0.717) is 38.6 Å². The molecule has 2 aromatic carbocycles. The molecule has 1 aliphatic heterocycles. The molecule has 2 aliphatic rings. The molecule has 5 rings (SSSR count). The Balaban J connectivity index is 1.25. The smallest absolute Gasteiger partial charge is 0.237 e. The van der Waals surface area contributed by atoms with Crippen LogP contribution in [0.25, 0.3) is 0 Å². The number of hydrogen-bond acceptors (Lipinski definition) is 5. The first-order valence-electron chi connectivity index (χ1n) is 12.6. The second-order valence-electron chi connectivity index (χ2n) is 9.76. The van der Waals surface area contributed by atoms with Gasteiger partial charge in [-0.2, -0.15) is 0 Å². The van der Waals surface area contributed by atoms with E-state index in [1.165, 1.54) is 23.3 Å². The molecule has 6 heteroatoms. The second-order valence-corrected chi connectivity index (χ2v) is 10.8. The molecular formula is C29H34N2O3S. The summed E-state index contributed by atoms with van der Waals surface area (Å²) in [5.41, 5.74) is 2.33. The summed E-state index contributed by atoms with van der Waals surface area (Å²) in [5, 5.41) is 12.9. The largest absolute Gasteiger partial charge is 0.491 e. The number of thiophene rings is 1. The van der Waals surface area contributed by atoms with Crippen LogP contribution in [-0.4, -0.2) is 59.7 Å². The minimum absolute atomic E-state index is 0.0882. The number of carbonyl (C=O) groups is 1. The van der Waals surface area contributed by atoms with Crippen molar-refractivity contribution >= 4 is 17.2 Å². The molecule has 0 radical (unpaired) electrons. The fourth-order valence-corrected chi connectivity index (χ4v) is 5.89. The number of aliphatic hydroxyl groups excluding tert-OH is 1. The van der Waals surface area contributed by atoms with Gasteiger partial charge in [0.1, 0.15) is 12.4 Å². The number of para-hydroxylation sites is 1. The van der Waals surface area contributed by atoms with Crippen LogP contribution in [0.15, 0.2) is 72.1 Å². The van der Waals surface area contributed by atoms with E-state index < -0.39 is 6.10 Å². The van der Waals surface area contributed by atoms with Gasteiger partial charge >= 0.3 is 0 Å². The number of rotatable bonds is 11. The summed E-state index contributed by atoms with van der Waals surface area (Å²) in [6.07, 6.45) is 3.43. The average Bonchev–Trinajstić information content (AvgIpc) is 3.55. The predicted molar refractivity (Wildman–Crippen MR) is 140 cm³/mol. The van der Waals surface area contributed by atoms with Gasteiger partial charge in [0.05, 0.1) is 18.7 Å². The molecule has 2 atom stereocenters. The number of aliphatic hydroxyl groups is 1. The summed E-state index contributed by atoms with van der Waals surface area (Å²) in [4.78, 5) is 19.2. The lowest BCUT2D eigenvalue weighted by molar-refractivity contribution is -0.136. The van der Waals surface area contributed by atoms with E-state index in [9.17, 15) is 9.90 Å². The van der Waals surface area contributed by atoms with Crippen molar-refractivity contribution in [3.8, 4) is 5.75 Å². The number of carbonyl (C=O) groups excluding carboxylic acids is 1. The zero-order valence-corrected chi connectivity index (χ0v) is 20.9. The van der Waals surface area contributed by atoms with Crippen molar-refractivity contribution in [3.63, 3.8) is 0 Å². The monoisotopic (exact) mass is 490 g/mol. The molecule has 2 unspecified atom stereocenters. The highest BCUT2D eigenvalue weighted by Gasteiger charge is 2.34. The number of nitrogens with zero attached hydrogens (tertiary/aromatic N) is 2. The van der Waals surface area contributed by atoms with Gasteiger partial charge in [-0.1, -0.05) is 48.5 Å². The second kappa shape index (κ2) is 11.4. The van der Waals surface area contributed by atoms with E-state index in [0.717, 1.165) is 24.3 Å². The number of ether oxygens (including phenoxy) is 1. The zero-order chi connectivity index (χ0) is 24.0. The minimum Gasteiger partial charge on any atom is -0.491 e. The van der Waals surface area contributed by atoms with Gasteiger partial charge in [0, 0.05) is 24.5 Å². The van der Waals surface area contributed by atoms with Crippen molar-refractivity contribution in [2.75, 3.05) is 32.8 Å². The number of benzene rings is 2. The van der Waals surface area contributed by atoms with Crippen molar-refractivity contribution in [2.45, 2.75) is 37.8 Å². The molecule has 0 saturated heterocycles. The van der Waals surface area contributed by atoms with Crippen LogP contribution in [0.1, 0.15) is 34.9 Å². The molecule has 1 fully saturated rings. The van der Waals surface area contributed by atoms with E-state index >= 15 is 0 Å². The fourth-order valence-electron chi connectivity index (χ4n) is 4.97. The van der Waals surface area contributed by atoms with E-state index in [1.54, 1.807) is 11.3 Å². The molecule has 1 aromatic heterocycles. The van der Waals surface area contributed by atoms with Gasteiger partial charge in [-0.3, -0.25) is 9.69 Å². The molecule has 2 heterocycles. The number of hydrogen-bond donors (Lipinski definition) is 1. The van der Waals surface area contributed by atoms with Crippen molar-refractivity contribution in [1.82, 2.24) is 9.80 Å². The lowest BCUT2D eigenvalue weighted by atomic mass is 10.00. The first-order chi connectivity index (χ1) is 17.2. The third kappa shape index (κ3) is 6.51. The normalized spacial score (nSPS) is 18.3. The van der Waals surface area contributed by atoms with Crippen LogP contribution >= 0.6 is 11.3 Å². The summed E-state index contributed by atoms with van der Waals surface area (Å²) < 4.78 is 6.12.